The van der Waals surface area contributed by atoms with Crippen LogP contribution < -0.4 is 15.0 Å². The largest absolute Gasteiger partial charge is 0.488 e. The van der Waals surface area contributed by atoms with E-state index in [0.717, 1.165) is 16.0 Å². The first-order valence-electron chi connectivity index (χ1n) is 10.4. The average Bonchev–Trinajstić information content (AvgIpc) is 2.81. The van der Waals surface area contributed by atoms with Crippen molar-refractivity contribution in [2.45, 2.75) is 13.5 Å². The third-order valence-electron chi connectivity index (χ3n) is 5.15. The number of anilines is 1. The quantitative estimate of drug-likeness (QED) is 0.319. The summed E-state index contributed by atoms with van der Waals surface area (Å²) in [6.45, 7) is 2.32. The zero-order valence-corrected chi connectivity index (χ0v) is 19.0. The van der Waals surface area contributed by atoms with Gasteiger partial charge in [0.2, 0.25) is 0 Å². The number of rotatable bonds is 6. The lowest BCUT2D eigenvalue weighted by Gasteiger charge is -2.29. The standard InChI is InChI=1S/C26H20N2O5S/c1-16-6-4-7-17(12-16)15-33-22-11-3-2-8-18(22)14-21-23(29)27-26(34)28(24(21)30)20-10-5-9-19(13-20)25(31)32/h2-14H,15H2,1H3,(H,31,32)(H,27,29,34). The first kappa shape index (κ1) is 22.9. The Bertz CT molecular complexity index is 1350. The van der Waals surface area contributed by atoms with Gasteiger partial charge in [-0.2, -0.15) is 0 Å². The second-order valence-electron chi connectivity index (χ2n) is 7.63. The number of hydrogen-bond donors (Lipinski definition) is 2. The van der Waals surface area contributed by atoms with Crippen LogP contribution in [0.25, 0.3) is 6.08 Å². The van der Waals surface area contributed by atoms with Gasteiger partial charge in [-0.1, -0.05) is 54.1 Å². The molecule has 4 rings (SSSR count). The number of carbonyl (C=O) groups excluding carboxylic acids is 2. The van der Waals surface area contributed by atoms with Crippen LogP contribution in [0.15, 0.2) is 78.4 Å². The van der Waals surface area contributed by atoms with Crippen LogP contribution in [0.1, 0.15) is 27.0 Å². The van der Waals surface area contributed by atoms with E-state index in [1.165, 1.54) is 24.3 Å². The number of carboxylic acids is 1. The van der Waals surface area contributed by atoms with E-state index in [0.29, 0.717) is 17.9 Å². The van der Waals surface area contributed by atoms with Gasteiger partial charge in [0.05, 0.1) is 11.3 Å². The summed E-state index contributed by atoms with van der Waals surface area (Å²) in [7, 11) is 0. The first-order valence-corrected chi connectivity index (χ1v) is 10.8. The monoisotopic (exact) mass is 472 g/mol. The van der Waals surface area contributed by atoms with Gasteiger partial charge in [-0.25, -0.2) is 4.79 Å². The SMILES string of the molecule is Cc1cccc(COc2ccccc2C=C2C(=O)NC(=S)N(c3cccc(C(=O)O)c3)C2=O)c1. The summed E-state index contributed by atoms with van der Waals surface area (Å²) in [4.78, 5) is 38.4. The number of amides is 2. The molecule has 1 aliphatic rings. The molecule has 2 amide bonds. The molecule has 0 unspecified atom stereocenters. The fraction of sp³-hybridized carbons (Fsp3) is 0.0769. The van der Waals surface area contributed by atoms with Crippen molar-refractivity contribution in [3.63, 3.8) is 0 Å². The Morgan fingerprint density at radius 3 is 2.59 bits per heavy atom. The molecule has 2 N–H and O–H groups in total. The molecule has 0 spiro atoms. The molecule has 3 aromatic carbocycles. The van der Waals surface area contributed by atoms with E-state index in [1.54, 1.807) is 30.3 Å². The molecule has 0 radical (unpaired) electrons. The van der Waals surface area contributed by atoms with Crippen molar-refractivity contribution in [2.75, 3.05) is 4.90 Å². The topological polar surface area (TPSA) is 95.9 Å². The van der Waals surface area contributed by atoms with Crippen molar-refractivity contribution < 1.29 is 24.2 Å². The summed E-state index contributed by atoms with van der Waals surface area (Å²) >= 11 is 5.20. The third kappa shape index (κ3) is 4.87. The molecule has 0 aliphatic carbocycles. The van der Waals surface area contributed by atoms with E-state index in [2.05, 4.69) is 5.32 Å². The van der Waals surface area contributed by atoms with Gasteiger partial charge in [0.1, 0.15) is 17.9 Å². The fourth-order valence-electron chi connectivity index (χ4n) is 3.52. The van der Waals surface area contributed by atoms with Gasteiger partial charge in [0.15, 0.2) is 5.11 Å². The molecule has 1 fully saturated rings. The van der Waals surface area contributed by atoms with Crippen LogP contribution in [0.5, 0.6) is 5.75 Å². The van der Waals surface area contributed by atoms with Crippen molar-refractivity contribution in [1.82, 2.24) is 5.32 Å². The Kier molecular flexibility index (Phi) is 6.51. The van der Waals surface area contributed by atoms with Crippen LogP contribution >= 0.6 is 12.2 Å². The van der Waals surface area contributed by atoms with Gasteiger partial charge < -0.3 is 9.84 Å². The summed E-state index contributed by atoms with van der Waals surface area (Å²) in [5.41, 5.74) is 2.73. The maximum Gasteiger partial charge on any atom is 0.335 e. The van der Waals surface area contributed by atoms with Crippen LogP contribution in [-0.4, -0.2) is 28.0 Å². The number of carboxylic acid groups (broad SMARTS) is 1. The minimum Gasteiger partial charge on any atom is -0.488 e. The molecule has 1 aliphatic heterocycles. The molecular formula is C26H20N2O5S. The summed E-state index contributed by atoms with van der Waals surface area (Å²) in [6.07, 6.45) is 1.44. The van der Waals surface area contributed by atoms with Gasteiger partial charge in [0, 0.05) is 5.56 Å². The molecule has 0 aromatic heterocycles. The van der Waals surface area contributed by atoms with E-state index >= 15 is 0 Å². The molecule has 1 heterocycles. The zero-order chi connectivity index (χ0) is 24.2. The summed E-state index contributed by atoms with van der Waals surface area (Å²) in [5, 5.41) is 11.7. The Labute approximate surface area is 201 Å². The number of nitrogens with zero attached hydrogens (tertiary/aromatic N) is 1. The predicted octanol–water partition coefficient (Wildman–Crippen LogP) is 4.10. The van der Waals surface area contributed by atoms with Crippen molar-refractivity contribution in [2.24, 2.45) is 0 Å². The van der Waals surface area contributed by atoms with Crippen LogP contribution in [0, 0.1) is 6.92 Å². The molecule has 0 atom stereocenters. The number of carbonyl (C=O) groups is 3. The van der Waals surface area contributed by atoms with Crippen LogP contribution in [0.2, 0.25) is 0 Å². The fourth-order valence-corrected chi connectivity index (χ4v) is 3.80. The molecule has 3 aromatic rings. The van der Waals surface area contributed by atoms with E-state index in [4.69, 9.17) is 17.0 Å². The number of benzene rings is 3. The normalized spacial score (nSPS) is 14.8. The molecular weight excluding hydrogens is 452 g/mol. The van der Waals surface area contributed by atoms with Gasteiger partial charge in [0.25, 0.3) is 11.8 Å². The zero-order valence-electron chi connectivity index (χ0n) is 18.1. The van der Waals surface area contributed by atoms with Crippen LogP contribution in [0.3, 0.4) is 0 Å². The third-order valence-corrected chi connectivity index (χ3v) is 5.43. The highest BCUT2D eigenvalue weighted by Crippen LogP contribution is 2.26. The van der Waals surface area contributed by atoms with E-state index in [-0.39, 0.29) is 21.9 Å². The Hall–Kier alpha value is -4.30. The minimum absolute atomic E-state index is 0.00887. The lowest BCUT2D eigenvalue weighted by molar-refractivity contribution is -0.122. The minimum atomic E-state index is -1.14. The Morgan fingerprint density at radius 2 is 1.82 bits per heavy atom. The van der Waals surface area contributed by atoms with Gasteiger partial charge in [-0.3, -0.25) is 19.8 Å². The van der Waals surface area contributed by atoms with Crippen molar-refractivity contribution in [3.05, 3.63) is 101 Å². The number of nitrogens with one attached hydrogen (secondary N) is 1. The Morgan fingerprint density at radius 1 is 1.06 bits per heavy atom. The highest BCUT2D eigenvalue weighted by atomic mass is 32.1. The lowest BCUT2D eigenvalue weighted by atomic mass is 10.1. The highest BCUT2D eigenvalue weighted by Gasteiger charge is 2.35. The molecule has 1 saturated heterocycles. The summed E-state index contributed by atoms with van der Waals surface area (Å²) in [5.74, 6) is -1.94. The highest BCUT2D eigenvalue weighted by molar-refractivity contribution is 7.80. The predicted molar refractivity (Wildman–Crippen MR) is 132 cm³/mol. The molecule has 0 saturated carbocycles. The average molecular weight is 473 g/mol. The number of aryl methyl sites for hydroxylation is 1. The van der Waals surface area contributed by atoms with Gasteiger partial charge >= 0.3 is 5.97 Å². The van der Waals surface area contributed by atoms with Gasteiger partial charge in [-0.15, -0.1) is 0 Å². The summed E-state index contributed by atoms with van der Waals surface area (Å²) < 4.78 is 5.97. The Balaban J connectivity index is 1.65. The molecule has 170 valence electrons. The maximum absolute atomic E-state index is 13.3. The van der Waals surface area contributed by atoms with Crippen LogP contribution in [-0.2, 0) is 16.2 Å². The van der Waals surface area contributed by atoms with Crippen LogP contribution in [0.4, 0.5) is 5.69 Å². The first-order chi connectivity index (χ1) is 16.3. The lowest BCUT2D eigenvalue weighted by Crippen LogP contribution is -2.54. The van der Waals surface area contributed by atoms with E-state index < -0.39 is 17.8 Å². The molecule has 0 bridgehead atoms. The number of hydrogen-bond acceptors (Lipinski definition) is 5. The number of thiocarbonyl (C=S) groups is 1. The molecule has 8 heteroatoms. The van der Waals surface area contributed by atoms with Crippen molar-refractivity contribution >= 4 is 46.9 Å². The smallest absolute Gasteiger partial charge is 0.335 e. The second kappa shape index (κ2) is 9.68. The maximum atomic E-state index is 13.3. The number of para-hydroxylation sites is 1. The van der Waals surface area contributed by atoms with Crippen molar-refractivity contribution in [3.8, 4) is 5.75 Å². The van der Waals surface area contributed by atoms with E-state index in [1.807, 2.05) is 31.2 Å². The van der Waals surface area contributed by atoms with Gasteiger partial charge in [-0.05, 0) is 55.0 Å². The molecule has 34 heavy (non-hydrogen) atoms. The number of ether oxygens (including phenoxy) is 1. The molecule has 7 nitrogen and oxygen atoms in total. The number of aromatic carboxylic acids is 1. The summed E-state index contributed by atoms with van der Waals surface area (Å²) in [6, 6.07) is 20.8. The second-order valence-corrected chi connectivity index (χ2v) is 8.02. The van der Waals surface area contributed by atoms with E-state index in [9.17, 15) is 19.5 Å². The van der Waals surface area contributed by atoms with Crippen molar-refractivity contribution in [1.29, 1.82) is 0 Å².